The predicted molar refractivity (Wildman–Crippen MR) is 210 cm³/mol. The standard InChI is InChI=1S/2C15H21OSi.C12H11Si.2ClH.Zr/c2*1-15(2,3)13-10-11-8-6-7-9-12(11)14(13)16-17(4)5;1-3-7-11(8-4-1)13-12-9-5-2-6-10-12;;;/h2*6-10,17H,1-5H3;1-10,13H;2*1H;/q;;;;;+2/p-2. The molecule has 8 heteroatoms. The van der Waals surface area contributed by atoms with Crippen LogP contribution < -0.4 is 35.2 Å². The Labute approximate surface area is 326 Å². The molecule has 4 aromatic carbocycles. The third kappa shape index (κ3) is 7.31. The van der Waals surface area contributed by atoms with Gasteiger partial charge in [-0.25, -0.2) is 0 Å². The summed E-state index contributed by atoms with van der Waals surface area (Å²) in [6.07, 6.45) is 5.08. The van der Waals surface area contributed by atoms with Crippen molar-refractivity contribution in [2.24, 2.45) is 10.8 Å². The first-order valence-corrected chi connectivity index (χ1v) is 31.7. The van der Waals surface area contributed by atoms with E-state index in [4.69, 9.17) is 8.85 Å². The molecule has 0 amide bonds. The van der Waals surface area contributed by atoms with Crippen molar-refractivity contribution in [3.63, 3.8) is 0 Å². The van der Waals surface area contributed by atoms with E-state index in [-0.39, 0.29) is 35.6 Å². The normalized spacial score (nSPS) is 19.8. The van der Waals surface area contributed by atoms with E-state index < -0.39 is 51.5 Å². The van der Waals surface area contributed by atoms with E-state index in [0.717, 1.165) is 0 Å². The summed E-state index contributed by atoms with van der Waals surface area (Å²) in [5, 5.41) is 3.02. The van der Waals surface area contributed by atoms with Gasteiger partial charge in [0.2, 0.25) is 0 Å². The molecule has 0 saturated heterocycles. The maximum absolute atomic E-state index is 8.05. The number of halogens is 2. The molecule has 0 aliphatic heterocycles. The minimum atomic E-state index is -3.46. The van der Waals surface area contributed by atoms with Crippen molar-refractivity contribution in [3.8, 4) is 0 Å². The molecule has 2 aliphatic rings. The zero-order chi connectivity index (χ0) is 34.5. The fourth-order valence-corrected chi connectivity index (χ4v) is 46.2. The molecule has 263 valence electrons. The number of hydrogen-bond donors (Lipinski definition) is 0. The molecule has 0 heterocycles. The van der Waals surface area contributed by atoms with Crippen LogP contribution in [0.1, 0.15) is 63.8 Å². The number of benzene rings is 4. The molecule has 2 nitrogen and oxygen atoms in total. The summed E-state index contributed by atoms with van der Waals surface area (Å²) in [4.78, 5) is 0. The zero-order valence-corrected chi connectivity index (χ0v) is 38.8. The summed E-state index contributed by atoms with van der Waals surface area (Å²) < 4.78 is 15.1. The van der Waals surface area contributed by atoms with E-state index in [1.54, 1.807) is 0 Å². The Balaban J connectivity index is 0.00000281. The SMILES string of the molecule is C[SiH](C)O[C]1([Zr+2]([SiH](c2ccccc2)c2ccccc2)[C]2(O[SiH](C)C)C(C(C)(C)C)=Cc3ccccc32)C(C(C)(C)C)=Cc2ccccc21.[Cl-].[Cl-]. The van der Waals surface area contributed by atoms with Gasteiger partial charge in [0.1, 0.15) is 0 Å². The van der Waals surface area contributed by atoms with E-state index >= 15 is 0 Å². The maximum Gasteiger partial charge on any atom is -1.00 e. The van der Waals surface area contributed by atoms with Gasteiger partial charge in [0.05, 0.1) is 0 Å². The van der Waals surface area contributed by atoms with Gasteiger partial charge in [-0.05, 0) is 0 Å². The summed E-state index contributed by atoms with van der Waals surface area (Å²) >= 11 is -3.46. The van der Waals surface area contributed by atoms with Gasteiger partial charge in [0, 0.05) is 0 Å². The Morgan fingerprint density at radius 2 is 0.800 bits per heavy atom. The minimum Gasteiger partial charge on any atom is -1.00 e. The van der Waals surface area contributed by atoms with Crippen molar-refractivity contribution in [3.05, 3.63) is 143 Å². The molecule has 2 atom stereocenters. The van der Waals surface area contributed by atoms with Crippen LogP contribution in [-0.4, -0.2) is 24.0 Å². The predicted octanol–water partition coefficient (Wildman–Crippen LogP) is 2.74. The Morgan fingerprint density at radius 1 is 0.480 bits per heavy atom. The maximum atomic E-state index is 8.05. The van der Waals surface area contributed by atoms with Crippen molar-refractivity contribution in [1.29, 1.82) is 0 Å². The third-order valence-corrected chi connectivity index (χ3v) is 36.2. The molecular weight excluding hydrogens is 783 g/mol. The van der Waals surface area contributed by atoms with Crippen LogP contribution in [0.2, 0.25) is 26.2 Å². The quantitative estimate of drug-likeness (QED) is 0.242. The first-order valence-electron chi connectivity index (χ1n) is 17.7. The van der Waals surface area contributed by atoms with Crippen LogP contribution in [0.3, 0.4) is 0 Å². The largest absolute Gasteiger partial charge is 1.00 e. The molecule has 0 N–H and O–H groups in total. The van der Waals surface area contributed by atoms with Gasteiger partial charge in [0.25, 0.3) is 0 Å². The Kier molecular flexibility index (Phi) is 13.0. The second kappa shape index (κ2) is 15.8. The Bertz CT molecular complexity index is 1700. The average molecular weight is 836 g/mol. The van der Waals surface area contributed by atoms with E-state index in [1.807, 2.05) is 0 Å². The molecule has 0 radical (unpaired) electrons. The minimum absolute atomic E-state index is 0. The van der Waals surface area contributed by atoms with Crippen LogP contribution in [0.15, 0.2) is 120 Å². The molecule has 2 aliphatic carbocycles. The number of fused-ring (bicyclic) bond motifs is 2. The van der Waals surface area contributed by atoms with Crippen molar-refractivity contribution < 1.29 is 54.6 Å². The molecule has 0 fully saturated rings. The second-order valence-electron chi connectivity index (χ2n) is 16.2. The summed E-state index contributed by atoms with van der Waals surface area (Å²) in [5.41, 5.74) is 8.13. The van der Waals surface area contributed by atoms with Crippen LogP contribution in [0.4, 0.5) is 0 Å². The fraction of sp³-hybridized carbons (Fsp3) is 0.333. The summed E-state index contributed by atoms with van der Waals surface area (Å²) in [6, 6.07) is 41.6. The van der Waals surface area contributed by atoms with E-state index in [9.17, 15) is 0 Å². The second-order valence-corrected chi connectivity index (χ2v) is 36.2. The summed E-state index contributed by atoms with van der Waals surface area (Å²) in [7, 11) is -3.27. The molecule has 0 aromatic heterocycles. The van der Waals surface area contributed by atoms with Gasteiger partial charge >= 0.3 is 304 Å². The van der Waals surface area contributed by atoms with Crippen LogP contribution in [-0.2, 0) is 36.4 Å². The molecule has 4 aromatic rings. The Morgan fingerprint density at radius 3 is 1.12 bits per heavy atom. The first kappa shape index (κ1) is 41.2. The van der Waals surface area contributed by atoms with Crippen LogP contribution in [0.5, 0.6) is 0 Å². The molecule has 50 heavy (non-hydrogen) atoms. The number of hydrogen-bond acceptors (Lipinski definition) is 2. The summed E-state index contributed by atoms with van der Waals surface area (Å²) in [5.74, 6) is -2.05. The van der Waals surface area contributed by atoms with Gasteiger partial charge in [-0.15, -0.1) is 0 Å². The third-order valence-electron chi connectivity index (χ3n) is 9.79. The first-order chi connectivity index (χ1) is 22.7. The van der Waals surface area contributed by atoms with Crippen LogP contribution >= 0.6 is 0 Å². The van der Waals surface area contributed by atoms with Crippen LogP contribution in [0.25, 0.3) is 12.2 Å². The molecule has 0 saturated carbocycles. The van der Waals surface area contributed by atoms with Gasteiger partial charge in [-0.2, -0.15) is 0 Å². The fourth-order valence-electron chi connectivity index (χ4n) is 8.32. The Hall–Kier alpha value is -1.61. The topological polar surface area (TPSA) is 18.5 Å². The molecule has 2 unspecified atom stereocenters. The van der Waals surface area contributed by atoms with Crippen LogP contribution in [0, 0.1) is 10.8 Å². The van der Waals surface area contributed by atoms with E-state index in [0.29, 0.717) is 0 Å². The van der Waals surface area contributed by atoms with E-state index in [2.05, 4.69) is 189 Å². The van der Waals surface area contributed by atoms with Crippen molar-refractivity contribution in [1.82, 2.24) is 0 Å². The monoisotopic (exact) mass is 833 g/mol. The summed E-state index contributed by atoms with van der Waals surface area (Å²) in [6.45, 7) is 24.1. The molecule has 0 bridgehead atoms. The van der Waals surface area contributed by atoms with Crippen molar-refractivity contribution in [2.75, 3.05) is 0 Å². The van der Waals surface area contributed by atoms with Crippen molar-refractivity contribution >= 4 is 46.5 Å². The van der Waals surface area contributed by atoms with Gasteiger partial charge in [-0.3, -0.25) is 0 Å². The van der Waals surface area contributed by atoms with Gasteiger partial charge in [0.15, 0.2) is 0 Å². The van der Waals surface area contributed by atoms with Crippen molar-refractivity contribution in [2.45, 2.75) is 74.3 Å². The van der Waals surface area contributed by atoms with E-state index in [1.165, 1.54) is 43.8 Å². The smallest absolute Gasteiger partial charge is 1.00 e. The molecule has 6 rings (SSSR count). The number of rotatable bonds is 9. The van der Waals surface area contributed by atoms with Gasteiger partial charge in [-0.1, -0.05) is 0 Å². The molecule has 0 spiro atoms. The average Bonchev–Trinajstić information content (AvgIpc) is 3.54. The molecular formula is C42H53Cl2O2Si3Zr. The van der Waals surface area contributed by atoms with Gasteiger partial charge < -0.3 is 24.8 Å². The zero-order valence-electron chi connectivity index (χ0n) is 31.4.